The molecule has 0 aromatic rings. The van der Waals surface area contributed by atoms with Gasteiger partial charge in [-0.1, -0.05) is 5.75 Å². The number of carbonyl (C=O) groups excluding carboxylic acids is 6. The van der Waals surface area contributed by atoms with E-state index in [2.05, 4.69) is 33.4 Å². The number of hydrogen-bond acceptors (Lipinski definition) is 12. The molecule has 178 valence electrons. The van der Waals surface area contributed by atoms with Gasteiger partial charge >= 0.3 is 28.3 Å². The second kappa shape index (κ2) is 15.5. The van der Waals surface area contributed by atoms with Crippen molar-refractivity contribution < 1.29 is 71.3 Å². The summed E-state index contributed by atoms with van der Waals surface area (Å²) >= 11 is 5.37. The Kier molecular flexibility index (Phi) is 14.4. The molecule has 0 radical (unpaired) electrons. The molecule has 1 aliphatic heterocycles. The van der Waals surface area contributed by atoms with Crippen LogP contribution in [0.3, 0.4) is 0 Å². The number of aliphatic hydroxyl groups excluding tert-OH is 3. The van der Waals surface area contributed by atoms with Gasteiger partial charge in [-0.05, 0) is 6.04 Å². The molecule has 1 heterocycles. The van der Waals surface area contributed by atoms with Gasteiger partial charge < -0.3 is 58.3 Å². The van der Waals surface area contributed by atoms with E-state index in [1.807, 2.05) is 0 Å². The minimum absolute atomic E-state index is 0.173. The van der Waals surface area contributed by atoms with Crippen molar-refractivity contribution in [3.05, 3.63) is 10.6 Å². The summed E-state index contributed by atoms with van der Waals surface area (Å²) in [5.41, 5.74) is 0. The topological polar surface area (TPSA) is 233 Å². The standard InChI is InChI=1S/C15H22N4O10S.O.Tc/c20-3-7(16-10(23)6-30)13(26)17-8(4-21)14(27)18-9(5-22)15(28)29-19-11(24)1-2-12(19)25;;/h7-9,20-22H,1-6H2,(H4,16,17,18,23,26,27,30);;/q;;+3/p-3. The van der Waals surface area contributed by atoms with Crippen LogP contribution in [0.5, 0.6) is 0 Å². The van der Waals surface area contributed by atoms with E-state index in [1.165, 1.54) is 0 Å². The monoisotopic (exact) mass is 560 g/mol. The van der Waals surface area contributed by atoms with E-state index in [0.29, 0.717) is 0 Å². The Hall–Kier alpha value is -2.30. The average Bonchev–Trinajstić information content (AvgIpc) is 3.11. The van der Waals surface area contributed by atoms with Crippen molar-refractivity contribution in [3.63, 3.8) is 0 Å². The first-order valence-electron chi connectivity index (χ1n) is 8.60. The van der Waals surface area contributed by atoms with Crippen molar-refractivity contribution in [3.8, 4) is 0 Å². The summed E-state index contributed by atoms with van der Waals surface area (Å²) in [5, 5.41) is 36.6. The molecule has 0 aromatic carbocycles. The van der Waals surface area contributed by atoms with Gasteiger partial charge in [0.25, 0.3) is 11.8 Å². The van der Waals surface area contributed by atoms with Gasteiger partial charge in [0.1, 0.15) is 0 Å². The Labute approximate surface area is 197 Å². The number of hydrogen-bond donors (Lipinski definition) is 4. The average molecular weight is 561 g/mol. The second-order valence-corrected chi connectivity index (χ2v) is 6.06. The van der Waals surface area contributed by atoms with Crippen molar-refractivity contribution in [2.24, 2.45) is 0 Å². The number of aliphatic hydroxyl groups is 3. The van der Waals surface area contributed by atoms with E-state index < -0.39 is 79.2 Å². The van der Waals surface area contributed by atoms with Crippen molar-refractivity contribution in [1.82, 2.24) is 10.4 Å². The Morgan fingerprint density at radius 1 is 0.969 bits per heavy atom. The van der Waals surface area contributed by atoms with Crippen LogP contribution in [0.1, 0.15) is 12.8 Å². The van der Waals surface area contributed by atoms with Gasteiger partial charge in [0, 0.05) is 38.0 Å². The van der Waals surface area contributed by atoms with Crippen LogP contribution in [-0.2, 0) is 68.6 Å². The predicted octanol–water partition coefficient (Wildman–Crippen LogP) is -3.98. The number of nitrogens with one attached hydrogen (secondary N) is 1. The summed E-state index contributed by atoms with van der Waals surface area (Å²) in [7, 11) is 0. The van der Waals surface area contributed by atoms with E-state index >= 15 is 0 Å². The molecule has 1 saturated heterocycles. The Morgan fingerprint density at radius 3 is 1.91 bits per heavy atom. The normalized spacial score (nSPS) is 15.5. The Bertz CT molecular complexity index is 709. The van der Waals surface area contributed by atoms with Gasteiger partial charge in [-0.3, -0.25) is 19.2 Å². The molecule has 0 bridgehead atoms. The molecule has 1 aliphatic rings. The molecule has 1 rings (SSSR count). The van der Waals surface area contributed by atoms with Gasteiger partial charge in [0.2, 0.25) is 0 Å². The van der Waals surface area contributed by atoms with E-state index in [9.17, 15) is 39.0 Å². The van der Waals surface area contributed by atoms with Crippen LogP contribution in [0.25, 0.3) is 10.6 Å². The van der Waals surface area contributed by atoms with Crippen LogP contribution < -0.4 is 5.32 Å². The number of hydroxylamine groups is 2. The fraction of sp³-hybridized carbons (Fsp3) is 0.600. The van der Waals surface area contributed by atoms with Gasteiger partial charge in [-0.25, -0.2) is 0 Å². The van der Waals surface area contributed by atoms with E-state index in [-0.39, 0.29) is 17.9 Å². The molecule has 0 spiro atoms. The van der Waals surface area contributed by atoms with E-state index in [4.69, 9.17) is 8.61 Å². The number of rotatable bonds is 11. The molecule has 15 nitrogen and oxygen atoms in total. The van der Waals surface area contributed by atoms with Crippen molar-refractivity contribution in [2.45, 2.75) is 31.0 Å². The van der Waals surface area contributed by atoms with E-state index in [0.717, 1.165) is 18.9 Å². The van der Waals surface area contributed by atoms with Gasteiger partial charge in [0.15, 0.2) is 5.91 Å². The van der Waals surface area contributed by atoms with Crippen LogP contribution in [0, 0.1) is 0 Å². The zero-order chi connectivity index (χ0) is 24.8. The third-order valence-corrected chi connectivity index (χ3v) is 3.87. The van der Waals surface area contributed by atoms with Gasteiger partial charge in [0.05, 0.1) is 18.6 Å². The molecule has 32 heavy (non-hydrogen) atoms. The number of imide groups is 1. The zero-order valence-corrected chi connectivity index (χ0v) is 18.9. The molecule has 3 atom stereocenters. The second-order valence-electron chi connectivity index (χ2n) is 5.77. The molecule has 0 aromatic heterocycles. The fourth-order valence-electron chi connectivity index (χ4n) is 2.06. The molecule has 3 unspecified atom stereocenters. The zero-order valence-electron chi connectivity index (χ0n) is 16.2. The molecule has 0 saturated carbocycles. The van der Waals surface area contributed by atoms with Crippen LogP contribution in [0.4, 0.5) is 0 Å². The van der Waals surface area contributed by atoms with Crippen LogP contribution in [0.15, 0.2) is 0 Å². The quantitative estimate of drug-likeness (QED) is 0.140. The molecule has 17 heteroatoms. The first-order valence-corrected chi connectivity index (χ1v) is 9.94. The maximum absolute atomic E-state index is 12.1. The number of amides is 5. The molecule has 4 N–H and O–H groups in total. The summed E-state index contributed by atoms with van der Waals surface area (Å²) in [6.45, 7) is -2.95. The van der Waals surface area contributed by atoms with Gasteiger partial charge in [-0.15, -0.1) is 5.06 Å². The van der Waals surface area contributed by atoms with Crippen LogP contribution >= 0.6 is 0 Å². The molecule has 0 aliphatic carbocycles. The molecule has 5 amide bonds. The van der Waals surface area contributed by atoms with Crippen molar-refractivity contribution in [1.29, 1.82) is 0 Å². The number of carbonyl (C=O) groups is 6. The maximum atomic E-state index is 12.1. The van der Waals surface area contributed by atoms with E-state index in [1.54, 1.807) is 0 Å². The summed E-state index contributed by atoms with van der Waals surface area (Å²) < 4.78 is 8.22. The minimum atomic E-state index is -1.87. The fourth-order valence-corrected chi connectivity index (χ4v) is 2.14. The first kappa shape index (κ1) is 29.7. The summed E-state index contributed by atoms with van der Waals surface area (Å²) in [6, 6.07) is -5.21. The first-order chi connectivity index (χ1) is 15.2. The third kappa shape index (κ3) is 9.05. The summed E-state index contributed by atoms with van der Waals surface area (Å²) in [4.78, 5) is 74.8. The Balaban J connectivity index is 0.00000466. The number of nitrogens with zero attached hydrogens (tertiary/aromatic N) is 3. The van der Waals surface area contributed by atoms with Crippen molar-refractivity contribution >= 4 is 48.1 Å². The summed E-state index contributed by atoms with van der Waals surface area (Å²) in [6.07, 6.45) is -0.346. The predicted molar refractivity (Wildman–Crippen MR) is 97.6 cm³/mol. The molecular formula is C15H19N4O11STc. The Morgan fingerprint density at radius 2 is 1.47 bits per heavy atom. The SMILES string of the molecule is O=C(C[S-])NC(CO)C(=O)[N-]C(CO)C(=O)[N-]C(CO)C(=O)ON1C(=O)CCC1=O.[O]=[Tc+3]. The molecule has 1 fully saturated rings. The van der Waals surface area contributed by atoms with Crippen LogP contribution in [-0.4, -0.2) is 99.6 Å². The van der Waals surface area contributed by atoms with Crippen molar-refractivity contribution in [2.75, 3.05) is 25.6 Å². The third-order valence-electron chi connectivity index (χ3n) is 3.60. The molecular weight excluding hydrogens is 542 g/mol. The summed E-state index contributed by atoms with van der Waals surface area (Å²) in [5.74, 6) is -6.62. The van der Waals surface area contributed by atoms with Gasteiger partial charge in [-0.2, -0.15) is 0 Å². The van der Waals surface area contributed by atoms with Crippen LogP contribution in [0.2, 0.25) is 0 Å².